The number of nitrogens with zero attached hydrogens (tertiary/aromatic N) is 1. The average molecular weight is 486 g/mol. The van der Waals surface area contributed by atoms with Crippen molar-refractivity contribution in [3.63, 3.8) is 0 Å². The molecule has 4 aromatic carbocycles. The van der Waals surface area contributed by atoms with Gasteiger partial charge in [-0.1, -0.05) is 55.5 Å². The molecular formula is C28H23NO5S. The van der Waals surface area contributed by atoms with Crippen molar-refractivity contribution in [2.45, 2.75) is 18.2 Å². The molecule has 0 aromatic heterocycles. The summed E-state index contributed by atoms with van der Waals surface area (Å²) in [6, 6.07) is 28.9. The highest BCUT2D eigenvalue weighted by atomic mass is 32.2. The van der Waals surface area contributed by atoms with Gasteiger partial charge in [0.1, 0.15) is 5.75 Å². The van der Waals surface area contributed by atoms with E-state index in [1.165, 1.54) is 36.4 Å². The van der Waals surface area contributed by atoms with E-state index in [4.69, 9.17) is 4.74 Å². The maximum atomic E-state index is 13.6. The highest BCUT2D eigenvalue weighted by Gasteiger charge is 2.32. The third-order valence-corrected chi connectivity index (χ3v) is 7.09. The Balaban J connectivity index is 1.69. The van der Waals surface area contributed by atoms with E-state index in [0.717, 1.165) is 16.3 Å². The summed E-state index contributed by atoms with van der Waals surface area (Å²) in [5.41, 5.74) is 1.71. The van der Waals surface area contributed by atoms with E-state index in [1.54, 1.807) is 72.8 Å². The quantitative estimate of drug-likeness (QED) is 0.255. The van der Waals surface area contributed by atoms with Crippen LogP contribution in [-0.4, -0.2) is 20.3 Å². The van der Waals surface area contributed by atoms with Crippen LogP contribution in [0.2, 0.25) is 0 Å². The average Bonchev–Trinajstić information content (AvgIpc) is 2.90. The lowest BCUT2D eigenvalue weighted by Crippen LogP contribution is -2.37. The maximum Gasteiger partial charge on any atom is 0.343 e. The molecule has 0 bridgehead atoms. The highest BCUT2D eigenvalue weighted by molar-refractivity contribution is 7.93. The van der Waals surface area contributed by atoms with Crippen LogP contribution in [0.25, 0.3) is 0 Å². The Morgan fingerprint density at radius 3 is 1.80 bits per heavy atom. The van der Waals surface area contributed by atoms with E-state index in [9.17, 15) is 18.0 Å². The minimum atomic E-state index is -4.23. The second kappa shape index (κ2) is 10.4. The molecule has 0 aliphatic heterocycles. The second-order valence-corrected chi connectivity index (χ2v) is 9.47. The molecule has 0 atom stereocenters. The van der Waals surface area contributed by atoms with Crippen LogP contribution in [-0.2, 0) is 16.4 Å². The van der Waals surface area contributed by atoms with Crippen LogP contribution < -0.4 is 9.04 Å². The summed E-state index contributed by atoms with van der Waals surface area (Å²) in [6.45, 7) is 1.97. The summed E-state index contributed by atoms with van der Waals surface area (Å²) in [4.78, 5) is 25.7. The van der Waals surface area contributed by atoms with Crippen LogP contribution in [0.5, 0.6) is 5.75 Å². The van der Waals surface area contributed by atoms with Crippen LogP contribution in [0.3, 0.4) is 0 Å². The lowest BCUT2D eigenvalue weighted by atomic mass is 10.2. The third kappa shape index (κ3) is 5.31. The topological polar surface area (TPSA) is 80.8 Å². The van der Waals surface area contributed by atoms with Gasteiger partial charge in [-0.05, 0) is 72.6 Å². The first kappa shape index (κ1) is 23.9. The molecule has 176 valence electrons. The number of rotatable bonds is 7. The van der Waals surface area contributed by atoms with Crippen LogP contribution in [0.15, 0.2) is 114 Å². The predicted molar refractivity (Wildman–Crippen MR) is 134 cm³/mol. The second-order valence-electron chi connectivity index (χ2n) is 7.69. The molecule has 0 N–H and O–H groups in total. The number of aryl methyl sites for hydroxylation is 1. The SMILES string of the molecule is CCc1ccc(S(=O)(=O)N(C(=O)c2ccccc2)c2ccc(OC(=O)c3ccccc3)cc2)cc1. The molecule has 0 aliphatic rings. The molecule has 0 fully saturated rings. The van der Waals surface area contributed by atoms with Crippen molar-refractivity contribution in [3.8, 4) is 5.75 Å². The number of benzene rings is 4. The standard InChI is InChI=1S/C28H23NO5S/c1-2-21-13-19-26(20-14-21)35(32,33)29(27(30)22-9-5-3-6-10-22)24-15-17-25(18-16-24)34-28(31)23-11-7-4-8-12-23/h3-20H,2H2,1H3. The predicted octanol–water partition coefficient (Wildman–Crippen LogP) is 5.50. The summed E-state index contributed by atoms with van der Waals surface area (Å²) in [7, 11) is -4.23. The molecule has 1 amide bonds. The first-order chi connectivity index (χ1) is 16.9. The van der Waals surface area contributed by atoms with Crippen molar-refractivity contribution in [1.29, 1.82) is 0 Å². The van der Waals surface area contributed by atoms with Crippen molar-refractivity contribution in [1.82, 2.24) is 0 Å². The minimum absolute atomic E-state index is 0.00133. The van der Waals surface area contributed by atoms with Gasteiger partial charge in [-0.2, -0.15) is 4.31 Å². The van der Waals surface area contributed by atoms with E-state index in [0.29, 0.717) is 5.56 Å². The molecule has 0 heterocycles. The first-order valence-electron chi connectivity index (χ1n) is 11.0. The fourth-order valence-electron chi connectivity index (χ4n) is 3.46. The summed E-state index contributed by atoms with van der Waals surface area (Å²) in [5, 5.41) is 0. The fourth-order valence-corrected chi connectivity index (χ4v) is 4.87. The Kier molecular flexibility index (Phi) is 7.08. The van der Waals surface area contributed by atoms with Gasteiger partial charge in [0.15, 0.2) is 0 Å². The summed E-state index contributed by atoms with van der Waals surface area (Å²) >= 11 is 0. The van der Waals surface area contributed by atoms with Crippen molar-refractivity contribution in [2.24, 2.45) is 0 Å². The molecule has 0 unspecified atom stereocenters. The van der Waals surface area contributed by atoms with Gasteiger partial charge in [0.25, 0.3) is 15.9 Å². The number of carbonyl (C=O) groups excluding carboxylic acids is 2. The molecule has 0 aliphatic carbocycles. The monoisotopic (exact) mass is 485 g/mol. The van der Waals surface area contributed by atoms with E-state index in [2.05, 4.69) is 0 Å². The van der Waals surface area contributed by atoms with E-state index < -0.39 is 21.9 Å². The summed E-state index contributed by atoms with van der Waals surface area (Å²) < 4.78 is 33.4. The van der Waals surface area contributed by atoms with Gasteiger partial charge in [0.05, 0.1) is 16.1 Å². The molecule has 7 heteroatoms. The van der Waals surface area contributed by atoms with Gasteiger partial charge in [-0.25, -0.2) is 13.2 Å². The minimum Gasteiger partial charge on any atom is -0.423 e. The molecule has 4 aromatic rings. The molecule has 35 heavy (non-hydrogen) atoms. The molecule has 0 radical (unpaired) electrons. The molecule has 0 spiro atoms. The first-order valence-corrected chi connectivity index (χ1v) is 12.4. The van der Waals surface area contributed by atoms with Gasteiger partial charge >= 0.3 is 5.97 Å². The van der Waals surface area contributed by atoms with Crippen molar-refractivity contribution in [3.05, 3.63) is 126 Å². The Bertz CT molecular complexity index is 1420. The molecule has 6 nitrogen and oxygen atoms in total. The van der Waals surface area contributed by atoms with Crippen LogP contribution in [0.1, 0.15) is 33.2 Å². The lowest BCUT2D eigenvalue weighted by molar-refractivity contribution is 0.0734. The van der Waals surface area contributed by atoms with Gasteiger partial charge in [0.2, 0.25) is 0 Å². The number of sulfonamides is 1. The summed E-state index contributed by atoms with van der Waals surface area (Å²) in [6.07, 6.45) is 0.760. The largest absolute Gasteiger partial charge is 0.423 e. The van der Waals surface area contributed by atoms with E-state index >= 15 is 0 Å². The van der Waals surface area contributed by atoms with Gasteiger partial charge in [-0.3, -0.25) is 4.79 Å². The van der Waals surface area contributed by atoms with Crippen LogP contribution in [0.4, 0.5) is 5.69 Å². The van der Waals surface area contributed by atoms with Crippen molar-refractivity contribution >= 4 is 27.6 Å². The maximum absolute atomic E-state index is 13.6. The van der Waals surface area contributed by atoms with Gasteiger partial charge in [0, 0.05) is 5.56 Å². The Morgan fingerprint density at radius 2 is 1.26 bits per heavy atom. The zero-order chi connectivity index (χ0) is 24.8. The Morgan fingerprint density at radius 1 is 0.714 bits per heavy atom. The fraction of sp³-hybridized carbons (Fsp3) is 0.0714. The number of hydrogen-bond donors (Lipinski definition) is 0. The number of esters is 1. The summed E-state index contributed by atoms with van der Waals surface area (Å²) in [5.74, 6) is -1.02. The lowest BCUT2D eigenvalue weighted by Gasteiger charge is -2.23. The molecule has 0 saturated carbocycles. The molecule has 4 rings (SSSR count). The zero-order valence-electron chi connectivity index (χ0n) is 19.0. The van der Waals surface area contributed by atoms with E-state index in [1.807, 2.05) is 6.92 Å². The van der Waals surface area contributed by atoms with Crippen LogP contribution in [0, 0.1) is 0 Å². The Hall–Kier alpha value is -4.23. The molecular weight excluding hydrogens is 462 g/mol. The molecule has 0 saturated heterocycles. The van der Waals surface area contributed by atoms with Crippen molar-refractivity contribution < 1.29 is 22.7 Å². The zero-order valence-corrected chi connectivity index (χ0v) is 19.8. The smallest absolute Gasteiger partial charge is 0.343 e. The van der Waals surface area contributed by atoms with E-state index in [-0.39, 0.29) is 21.9 Å². The highest BCUT2D eigenvalue weighted by Crippen LogP contribution is 2.28. The van der Waals surface area contributed by atoms with Gasteiger partial charge < -0.3 is 4.74 Å². The van der Waals surface area contributed by atoms with Crippen LogP contribution >= 0.6 is 0 Å². The van der Waals surface area contributed by atoms with Crippen molar-refractivity contribution in [2.75, 3.05) is 4.31 Å². The third-order valence-electron chi connectivity index (χ3n) is 5.37. The number of anilines is 1. The Labute approximate surface area is 204 Å². The van der Waals surface area contributed by atoms with Gasteiger partial charge in [-0.15, -0.1) is 0 Å². The number of amides is 1. The number of ether oxygens (including phenoxy) is 1. The number of carbonyl (C=O) groups is 2. The number of hydrogen-bond acceptors (Lipinski definition) is 5. The normalized spacial score (nSPS) is 11.0.